The molecule has 1 aliphatic carbocycles. The Morgan fingerprint density at radius 3 is 2.12 bits per heavy atom. The molecule has 0 heterocycles. The molecule has 1 unspecified atom stereocenters. The molecule has 0 amide bonds. The Morgan fingerprint density at radius 2 is 1.71 bits per heavy atom. The van der Waals surface area contributed by atoms with Gasteiger partial charge in [0, 0.05) is 0 Å². The first-order valence-corrected chi connectivity index (χ1v) is 6.17. The van der Waals surface area contributed by atoms with Gasteiger partial charge in [-0.15, -0.1) is 0 Å². The maximum absolute atomic E-state index is 12.4. The molecule has 0 aliphatic heterocycles. The molecule has 0 radical (unpaired) electrons. The molecule has 5 heteroatoms. The van der Waals surface area contributed by atoms with Crippen molar-refractivity contribution < 1.29 is 23.0 Å². The number of rotatable bonds is 4. The second-order valence-electron chi connectivity index (χ2n) is 5.10. The average Bonchev–Trinajstić information content (AvgIpc) is 2.25. The molecule has 1 aliphatic rings. The third kappa shape index (κ3) is 4.84. The predicted molar refractivity (Wildman–Crippen MR) is 58.6 cm³/mol. The highest BCUT2D eigenvalue weighted by Crippen LogP contribution is 2.40. The summed E-state index contributed by atoms with van der Waals surface area (Å²) in [5.74, 6) is -1.23. The summed E-state index contributed by atoms with van der Waals surface area (Å²) in [7, 11) is 0. The number of aliphatic hydroxyl groups excluding tert-OH is 1. The SMILES string of the molecule is CC(C)OCC(O)C1CCC(C(F)(F)F)CC1. The van der Waals surface area contributed by atoms with E-state index in [-0.39, 0.29) is 31.5 Å². The molecule has 1 fully saturated rings. The topological polar surface area (TPSA) is 29.5 Å². The highest BCUT2D eigenvalue weighted by molar-refractivity contribution is 4.80. The summed E-state index contributed by atoms with van der Waals surface area (Å²) < 4.78 is 42.6. The fourth-order valence-electron chi connectivity index (χ4n) is 2.26. The minimum Gasteiger partial charge on any atom is -0.390 e. The standard InChI is InChI=1S/C12H21F3O2/c1-8(2)17-7-11(16)9-3-5-10(6-4-9)12(13,14)15/h8-11,16H,3-7H2,1-2H3. The quantitative estimate of drug-likeness (QED) is 0.835. The van der Waals surface area contributed by atoms with E-state index in [9.17, 15) is 18.3 Å². The lowest BCUT2D eigenvalue weighted by Crippen LogP contribution is -2.34. The van der Waals surface area contributed by atoms with E-state index in [1.165, 1.54) is 0 Å². The Bertz CT molecular complexity index is 220. The van der Waals surface area contributed by atoms with E-state index in [0.717, 1.165) is 0 Å². The zero-order chi connectivity index (χ0) is 13.1. The Labute approximate surface area is 100 Å². The Kier molecular flexibility index (Phi) is 5.25. The monoisotopic (exact) mass is 254 g/mol. The molecule has 0 aromatic carbocycles. The number of ether oxygens (including phenoxy) is 1. The molecular weight excluding hydrogens is 233 g/mol. The smallest absolute Gasteiger partial charge is 0.390 e. The van der Waals surface area contributed by atoms with Crippen molar-refractivity contribution in [3.63, 3.8) is 0 Å². The van der Waals surface area contributed by atoms with E-state index in [1.54, 1.807) is 0 Å². The van der Waals surface area contributed by atoms with Gasteiger partial charge in [0.05, 0.1) is 24.7 Å². The van der Waals surface area contributed by atoms with E-state index < -0.39 is 18.2 Å². The number of alkyl halides is 3. The third-order valence-corrected chi connectivity index (χ3v) is 3.38. The van der Waals surface area contributed by atoms with Gasteiger partial charge in [0.25, 0.3) is 0 Å². The Balaban J connectivity index is 2.31. The molecular formula is C12H21F3O2. The van der Waals surface area contributed by atoms with Crippen LogP contribution >= 0.6 is 0 Å². The van der Waals surface area contributed by atoms with Gasteiger partial charge in [-0.25, -0.2) is 0 Å². The number of aliphatic hydroxyl groups is 1. The maximum atomic E-state index is 12.4. The van der Waals surface area contributed by atoms with Crippen LogP contribution in [0.15, 0.2) is 0 Å². The van der Waals surface area contributed by atoms with Gasteiger partial charge in [-0.05, 0) is 45.4 Å². The van der Waals surface area contributed by atoms with E-state index in [0.29, 0.717) is 12.8 Å². The van der Waals surface area contributed by atoms with Crippen LogP contribution in [0.2, 0.25) is 0 Å². The summed E-state index contributed by atoms with van der Waals surface area (Å²) in [6.45, 7) is 3.96. The summed E-state index contributed by atoms with van der Waals surface area (Å²) in [6.07, 6.45) is -3.54. The summed E-state index contributed by atoms with van der Waals surface area (Å²) in [6, 6.07) is 0. The van der Waals surface area contributed by atoms with Crippen LogP contribution in [-0.4, -0.2) is 30.1 Å². The predicted octanol–water partition coefficient (Wildman–Crippen LogP) is 3.14. The van der Waals surface area contributed by atoms with Crippen molar-refractivity contribution in [3.05, 3.63) is 0 Å². The molecule has 1 atom stereocenters. The van der Waals surface area contributed by atoms with Crippen molar-refractivity contribution >= 4 is 0 Å². The molecule has 17 heavy (non-hydrogen) atoms. The van der Waals surface area contributed by atoms with Crippen molar-refractivity contribution in [3.8, 4) is 0 Å². The number of hydrogen-bond donors (Lipinski definition) is 1. The van der Waals surface area contributed by atoms with Gasteiger partial charge in [-0.1, -0.05) is 0 Å². The summed E-state index contributed by atoms with van der Waals surface area (Å²) >= 11 is 0. The van der Waals surface area contributed by atoms with Crippen LogP contribution in [0.3, 0.4) is 0 Å². The van der Waals surface area contributed by atoms with Crippen LogP contribution in [0.5, 0.6) is 0 Å². The number of halogens is 3. The summed E-state index contributed by atoms with van der Waals surface area (Å²) in [5.41, 5.74) is 0. The van der Waals surface area contributed by atoms with Gasteiger partial charge in [-0.2, -0.15) is 13.2 Å². The molecule has 0 bridgehead atoms. The Morgan fingerprint density at radius 1 is 1.18 bits per heavy atom. The lowest BCUT2D eigenvalue weighted by Gasteiger charge is -2.32. The zero-order valence-corrected chi connectivity index (χ0v) is 10.3. The molecule has 2 nitrogen and oxygen atoms in total. The molecule has 0 saturated heterocycles. The molecule has 1 saturated carbocycles. The number of hydrogen-bond acceptors (Lipinski definition) is 2. The second kappa shape index (κ2) is 6.05. The molecule has 1 rings (SSSR count). The summed E-state index contributed by atoms with van der Waals surface area (Å²) in [4.78, 5) is 0. The van der Waals surface area contributed by atoms with E-state index in [2.05, 4.69) is 0 Å². The minimum atomic E-state index is -4.08. The largest absolute Gasteiger partial charge is 0.391 e. The average molecular weight is 254 g/mol. The minimum absolute atomic E-state index is 0.0381. The fraction of sp³-hybridized carbons (Fsp3) is 1.00. The van der Waals surface area contributed by atoms with E-state index in [1.807, 2.05) is 13.8 Å². The van der Waals surface area contributed by atoms with Crippen LogP contribution in [0.4, 0.5) is 13.2 Å². The highest BCUT2D eigenvalue weighted by atomic mass is 19.4. The van der Waals surface area contributed by atoms with Gasteiger partial charge in [0.2, 0.25) is 0 Å². The van der Waals surface area contributed by atoms with Gasteiger partial charge < -0.3 is 9.84 Å². The van der Waals surface area contributed by atoms with E-state index in [4.69, 9.17) is 4.74 Å². The van der Waals surface area contributed by atoms with Crippen molar-refractivity contribution in [2.24, 2.45) is 11.8 Å². The second-order valence-corrected chi connectivity index (χ2v) is 5.10. The van der Waals surface area contributed by atoms with Crippen LogP contribution in [0.1, 0.15) is 39.5 Å². The third-order valence-electron chi connectivity index (χ3n) is 3.38. The van der Waals surface area contributed by atoms with Crippen molar-refractivity contribution in [2.75, 3.05) is 6.61 Å². The van der Waals surface area contributed by atoms with E-state index >= 15 is 0 Å². The Hall–Kier alpha value is -0.290. The van der Waals surface area contributed by atoms with Gasteiger partial charge in [0.1, 0.15) is 0 Å². The molecule has 102 valence electrons. The first kappa shape index (κ1) is 14.8. The van der Waals surface area contributed by atoms with Crippen molar-refractivity contribution in [1.29, 1.82) is 0 Å². The van der Waals surface area contributed by atoms with Gasteiger partial charge in [0.15, 0.2) is 0 Å². The van der Waals surface area contributed by atoms with Crippen LogP contribution in [0, 0.1) is 11.8 Å². The van der Waals surface area contributed by atoms with Crippen molar-refractivity contribution in [2.45, 2.75) is 57.9 Å². The lowest BCUT2D eigenvalue weighted by molar-refractivity contribution is -0.186. The molecule has 1 N–H and O–H groups in total. The van der Waals surface area contributed by atoms with Gasteiger partial charge >= 0.3 is 6.18 Å². The highest BCUT2D eigenvalue weighted by Gasteiger charge is 2.42. The normalized spacial score (nSPS) is 28.4. The van der Waals surface area contributed by atoms with Crippen molar-refractivity contribution in [1.82, 2.24) is 0 Å². The lowest BCUT2D eigenvalue weighted by atomic mass is 9.79. The zero-order valence-electron chi connectivity index (χ0n) is 10.3. The molecule has 0 aromatic rings. The molecule has 0 aromatic heterocycles. The first-order chi connectivity index (χ1) is 7.80. The van der Waals surface area contributed by atoms with Crippen LogP contribution < -0.4 is 0 Å². The van der Waals surface area contributed by atoms with Crippen LogP contribution in [-0.2, 0) is 4.74 Å². The summed E-state index contributed by atoms with van der Waals surface area (Å²) in [5, 5.41) is 9.81. The maximum Gasteiger partial charge on any atom is 0.391 e. The fourth-order valence-corrected chi connectivity index (χ4v) is 2.26. The first-order valence-electron chi connectivity index (χ1n) is 6.17. The van der Waals surface area contributed by atoms with Crippen LogP contribution in [0.25, 0.3) is 0 Å². The molecule has 0 spiro atoms. The van der Waals surface area contributed by atoms with Gasteiger partial charge in [-0.3, -0.25) is 0 Å².